The monoisotopic (exact) mass is 1440 g/mol. The van der Waals surface area contributed by atoms with Crippen molar-refractivity contribution in [3.05, 3.63) is 135 Å². The summed E-state index contributed by atoms with van der Waals surface area (Å²) < 4.78 is 30.1. The van der Waals surface area contributed by atoms with E-state index in [0.29, 0.717) is 71.9 Å². The zero-order chi connectivity index (χ0) is 72.6. The molecule has 2 unspecified atom stereocenters. The first-order valence-corrected chi connectivity index (χ1v) is 36.0. The zero-order valence-corrected chi connectivity index (χ0v) is 57.3. The molecule has 32 heteroatoms. The number of primary amides is 1. The highest BCUT2D eigenvalue weighted by Crippen LogP contribution is 2.51. The predicted octanol–water partition coefficient (Wildman–Crippen LogP) is 1.83. The van der Waals surface area contributed by atoms with E-state index in [1.165, 1.54) is 102 Å². The van der Waals surface area contributed by atoms with Crippen LogP contribution in [0.3, 0.4) is 0 Å². The Kier molecular flexibility index (Phi) is 25.4. The number of unbranched alkanes of at least 4 members (excludes halogenated alkanes) is 1. The number of carboxylic acids is 1. The van der Waals surface area contributed by atoms with Crippen molar-refractivity contribution in [2.24, 2.45) is 37.4 Å². The van der Waals surface area contributed by atoms with Gasteiger partial charge >= 0.3 is 5.97 Å². The summed E-state index contributed by atoms with van der Waals surface area (Å²) in [5.74, 6) is -11.3. The Hall–Kier alpha value is -9.95. The Balaban J connectivity index is 0.984. The lowest BCUT2D eigenvalue weighted by molar-refractivity contribution is -0.145. The highest BCUT2D eigenvalue weighted by Gasteiger charge is 2.64. The molecule has 10 rings (SSSR count). The molecule has 1 saturated heterocycles. The van der Waals surface area contributed by atoms with Crippen molar-refractivity contribution in [2.45, 2.75) is 149 Å². The number of carbonyl (C=O) groups is 11. The number of amides is 10. The maximum atomic E-state index is 15.4. The molecule has 540 valence electrons. The number of phenolic OH excluding ortho intramolecular Hbond substituents is 1. The summed E-state index contributed by atoms with van der Waals surface area (Å²) >= 11 is 2.80. The summed E-state index contributed by atoms with van der Waals surface area (Å²) in [6.45, 7) is -0.433. The minimum absolute atomic E-state index is 0.0116. The van der Waals surface area contributed by atoms with Gasteiger partial charge in [-0.2, -0.15) is 23.5 Å². The van der Waals surface area contributed by atoms with E-state index in [-0.39, 0.29) is 86.4 Å². The summed E-state index contributed by atoms with van der Waals surface area (Å²) in [7, 11) is 0. The topological polar surface area (TPSA) is 429 Å². The highest BCUT2D eigenvalue weighted by atomic mass is 32.2. The molecule has 10 atom stereocenters. The van der Waals surface area contributed by atoms with Crippen LogP contribution < -0.4 is 54.0 Å². The number of phenols is 1. The summed E-state index contributed by atoms with van der Waals surface area (Å²) in [5, 5.41) is 41.9. The number of piperidine rings is 1. The van der Waals surface area contributed by atoms with Crippen molar-refractivity contribution in [3.63, 3.8) is 0 Å². The molecule has 0 aromatic heterocycles. The average molecular weight is 1440 g/mol. The normalized spacial score (nSPS) is 27.4. The number of hydrogen-bond donors (Lipinski definition) is 12. The number of carboxylic acid groups (broad SMARTS) is 1. The third-order valence-corrected chi connectivity index (χ3v) is 20.5. The standard InChI is InChI=1S/C70H81F2N15O13S2/c71-42-12-16-50-46(25-42)41(30-76-50)24-53-64(95)82-55(28-61(91)92)66(97)81-54(27-44-31-75-37-79-44)65(96)83-56(23-38-10-14-45(88)15-11-38)68(99)87-20-4-2-9-58(87)67(98)84-57(62(74)93)36-102-35-40-7-5-6-39(22-40)34-101-21-18-59(89)80-52(8-1-3-19-73)63(94)78-33-60(90)86-70(69(100)85-53)29-49(70)48-32-77-51-17-13-43(72)26-47(48)51/h5-7,10-11,13-17,22,25-26,30,32,37,49,51-58,88H,1-4,8-9,12,18-21,23-24,27-29,31,33-36,73H2,(H2,74,93)(H,78,94)(H,80,89)(H,81,97)(H,82,95)(H,83,96)(H,84,98)(H,85,100)(H,86,90)(H,91,92)/t49-,51?,52+,53+,54+,55+,56+,57+,58+,70?/m1/s1. The van der Waals surface area contributed by atoms with Crippen LogP contribution in [0.4, 0.5) is 8.78 Å². The van der Waals surface area contributed by atoms with E-state index in [9.17, 15) is 43.8 Å². The van der Waals surface area contributed by atoms with Gasteiger partial charge in [0.2, 0.25) is 59.1 Å². The van der Waals surface area contributed by atoms with Gasteiger partial charge in [0.05, 0.1) is 31.2 Å². The zero-order valence-electron chi connectivity index (χ0n) is 55.6. The van der Waals surface area contributed by atoms with Gasteiger partial charge in [0.25, 0.3) is 0 Å². The molecule has 5 heterocycles. The smallest absolute Gasteiger partial charge is 0.305 e. The molecule has 2 fully saturated rings. The van der Waals surface area contributed by atoms with E-state index in [1.54, 1.807) is 0 Å². The van der Waals surface area contributed by atoms with Crippen molar-refractivity contribution < 1.29 is 71.7 Å². The molecule has 3 aliphatic carbocycles. The van der Waals surface area contributed by atoms with Crippen LogP contribution in [0, 0.1) is 5.92 Å². The van der Waals surface area contributed by atoms with Gasteiger partial charge < -0.3 is 69.1 Å². The Labute approximate surface area is 594 Å². The van der Waals surface area contributed by atoms with Crippen molar-refractivity contribution in [1.82, 2.24) is 47.4 Å². The number of aliphatic carboxylic acids is 1. The lowest BCUT2D eigenvalue weighted by atomic mass is 9.94. The molecule has 1 spiro atoms. The average Bonchev–Trinajstić information content (AvgIpc) is 1.55. The number of aromatic hydroxyl groups is 1. The van der Waals surface area contributed by atoms with Crippen molar-refractivity contribution in [3.8, 4) is 5.75 Å². The summed E-state index contributed by atoms with van der Waals surface area (Å²) in [6.07, 6.45) is 10.4. The first-order chi connectivity index (χ1) is 49.0. The Morgan fingerprint density at radius 3 is 2.24 bits per heavy atom. The predicted molar refractivity (Wildman–Crippen MR) is 378 cm³/mol. The van der Waals surface area contributed by atoms with Gasteiger partial charge in [-0.3, -0.25) is 67.7 Å². The summed E-state index contributed by atoms with van der Waals surface area (Å²) in [6, 6.07) is 2.26. The number of hydrogen-bond acceptors (Lipinski definition) is 19. The Morgan fingerprint density at radius 1 is 0.765 bits per heavy atom. The summed E-state index contributed by atoms with van der Waals surface area (Å²) in [5.41, 5.74) is 13.8. The molecule has 2 aromatic carbocycles. The number of nitrogens with zero attached hydrogens (tertiary/aromatic N) is 5. The number of benzene rings is 2. The molecule has 5 aliphatic heterocycles. The van der Waals surface area contributed by atoms with Gasteiger partial charge in [0, 0.05) is 91.3 Å². The molecule has 102 heavy (non-hydrogen) atoms. The van der Waals surface area contributed by atoms with Crippen LogP contribution in [-0.4, -0.2) is 196 Å². The first-order valence-electron chi connectivity index (χ1n) is 33.7. The number of rotatable bonds is 14. The fourth-order valence-corrected chi connectivity index (χ4v) is 14.9. The quantitative estimate of drug-likeness (QED) is 0.120. The SMILES string of the molecule is NCCCC[C@@H]1NC(=O)CCSCc2cccc(c2)CSC[C@@H](C(N)=O)NC(=O)[C@@H]2CCCCN2C(=O)[C@H](Cc2ccc(O)cc2)NC(=O)[C@H](CC2=NC=NC2)NC(=O)[C@H](CC(=O)O)NC(=O)[C@H](CC2=C3C=C(F)CC=C3N=C2)NC(=O)C2(C[C@@H]2C2=C3C=C(F)C=CC3N=C2)NC(=O)CNC1=O. The molecule has 2 aromatic rings. The Morgan fingerprint density at radius 2 is 1.50 bits per heavy atom. The van der Waals surface area contributed by atoms with Crippen LogP contribution in [0.5, 0.6) is 5.75 Å². The second kappa shape index (κ2) is 34.6. The van der Waals surface area contributed by atoms with Crippen LogP contribution in [0.1, 0.15) is 93.7 Å². The fourth-order valence-electron chi connectivity index (χ4n) is 13.0. The van der Waals surface area contributed by atoms with Crippen LogP contribution in [0.15, 0.2) is 139 Å². The molecule has 10 amide bonds. The second-order valence-electron chi connectivity index (χ2n) is 25.9. The van der Waals surface area contributed by atoms with E-state index >= 15 is 28.0 Å². The number of halogens is 2. The van der Waals surface area contributed by atoms with E-state index in [0.717, 1.165) is 11.1 Å². The molecule has 2 bridgehead atoms. The lowest BCUT2D eigenvalue weighted by Gasteiger charge is -2.38. The van der Waals surface area contributed by atoms with Crippen LogP contribution >= 0.6 is 23.5 Å². The van der Waals surface area contributed by atoms with Crippen molar-refractivity contribution in [2.75, 3.05) is 37.7 Å². The summed E-state index contributed by atoms with van der Waals surface area (Å²) in [4.78, 5) is 176. The highest BCUT2D eigenvalue weighted by molar-refractivity contribution is 7.98. The van der Waals surface area contributed by atoms with E-state index in [2.05, 4.69) is 62.5 Å². The molecule has 8 aliphatic rings. The van der Waals surface area contributed by atoms with E-state index in [1.807, 2.05) is 24.3 Å². The third kappa shape index (κ3) is 19.6. The third-order valence-electron chi connectivity index (χ3n) is 18.4. The number of allylic oxidation sites excluding steroid dienone is 5. The van der Waals surface area contributed by atoms with Gasteiger partial charge in [0.1, 0.15) is 71.6 Å². The lowest BCUT2D eigenvalue weighted by Crippen LogP contribution is -2.62. The maximum absolute atomic E-state index is 15.4. The van der Waals surface area contributed by atoms with Gasteiger partial charge in [-0.15, -0.1) is 0 Å². The minimum atomic E-state index is -2.05. The van der Waals surface area contributed by atoms with Gasteiger partial charge in [-0.1, -0.05) is 48.6 Å². The number of aliphatic imine (C=N–C) groups is 4. The fraction of sp³-hybridized carbons (Fsp3) is 0.443. The Bertz CT molecular complexity index is 3980. The maximum Gasteiger partial charge on any atom is 0.305 e. The first kappa shape index (κ1) is 74.7. The molecular formula is C70H81F2N15O13S2. The van der Waals surface area contributed by atoms with Gasteiger partial charge in [-0.25, -0.2) is 13.8 Å². The van der Waals surface area contributed by atoms with Crippen molar-refractivity contribution >= 4 is 113 Å². The minimum Gasteiger partial charge on any atom is -0.508 e. The van der Waals surface area contributed by atoms with Crippen LogP contribution in [0.25, 0.3) is 0 Å². The largest absolute Gasteiger partial charge is 0.508 e. The number of nitrogens with one attached hydrogen (secondary N) is 8. The number of thioether (sulfide) groups is 2. The van der Waals surface area contributed by atoms with E-state index in [4.69, 9.17) is 11.5 Å². The molecule has 28 nitrogen and oxygen atoms in total. The van der Waals surface area contributed by atoms with Crippen molar-refractivity contribution in [1.29, 1.82) is 0 Å². The number of nitrogens with two attached hydrogens (primary N) is 2. The molecule has 0 radical (unpaired) electrons. The van der Waals surface area contributed by atoms with Crippen LogP contribution in [0.2, 0.25) is 0 Å². The van der Waals surface area contributed by atoms with Gasteiger partial charge in [0.15, 0.2) is 0 Å². The molecule has 14 N–H and O–H groups in total. The number of fused-ring (bicyclic) bond motifs is 5. The molecule has 1 saturated carbocycles. The van der Waals surface area contributed by atoms with Gasteiger partial charge in [-0.05, 0) is 115 Å². The van der Waals surface area contributed by atoms with E-state index < -0.39 is 156 Å². The second-order valence-corrected chi connectivity index (χ2v) is 28.0. The molecular weight excluding hydrogens is 1360 g/mol. The van der Waals surface area contributed by atoms with Crippen LogP contribution in [-0.2, 0) is 70.7 Å². The number of carbonyl (C=O) groups excluding carboxylic acids is 10.